The fourth-order valence-corrected chi connectivity index (χ4v) is 3.36. The first kappa shape index (κ1) is 17.5. The molecule has 0 radical (unpaired) electrons. The predicted octanol–water partition coefficient (Wildman–Crippen LogP) is 1.67. The third kappa shape index (κ3) is 4.28. The summed E-state index contributed by atoms with van der Waals surface area (Å²) in [6.45, 7) is 6.02. The van der Waals surface area contributed by atoms with Gasteiger partial charge in [0.25, 0.3) is 0 Å². The van der Waals surface area contributed by atoms with E-state index in [-0.39, 0.29) is 6.03 Å². The number of ether oxygens (including phenoxy) is 1. The number of piperazine rings is 1. The van der Waals surface area contributed by atoms with Gasteiger partial charge in [-0.2, -0.15) is 5.10 Å². The van der Waals surface area contributed by atoms with E-state index in [1.807, 2.05) is 35.2 Å². The molecule has 2 aromatic rings. The van der Waals surface area contributed by atoms with E-state index in [2.05, 4.69) is 31.4 Å². The minimum absolute atomic E-state index is 0.0611. The Morgan fingerprint density at radius 1 is 0.963 bits per heavy atom. The second-order valence-electron chi connectivity index (χ2n) is 6.64. The number of hydrogen-bond acceptors (Lipinski definition) is 6. The summed E-state index contributed by atoms with van der Waals surface area (Å²) in [4.78, 5) is 18.7. The summed E-state index contributed by atoms with van der Waals surface area (Å²) in [7, 11) is 0. The van der Waals surface area contributed by atoms with E-state index in [0.29, 0.717) is 13.1 Å². The Labute approximate surface area is 158 Å². The van der Waals surface area contributed by atoms with Crippen LogP contribution in [0.4, 0.5) is 22.0 Å². The summed E-state index contributed by atoms with van der Waals surface area (Å²) in [5.41, 5.74) is 1.89. The largest absolute Gasteiger partial charge is 0.378 e. The monoisotopic (exact) mass is 368 g/mol. The number of rotatable bonds is 3. The number of nitrogens with one attached hydrogen (secondary N) is 1. The highest BCUT2D eigenvalue weighted by Crippen LogP contribution is 2.21. The zero-order valence-corrected chi connectivity index (χ0v) is 15.3. The van der Waals surface area contributed by atoms with Gasteiger partial charge >= 0.3 is 6.03 Å². The van der Waals surface area contributed by atoms with Gasteiger partial charge in [-0.3, -0.25) is 0 Å². The van der Waals surface area contributed by atoms with Crippen molar-refractivity contribution in [2.45, 2.75) is 0 Å². The second-order valence-corrected chi connectivity index (χ2v) is 6.64. The van der Waals surface area contributed by atoms with Crippen LogP contribution in [0.5, 0.6) is 0 Å². The lowest BCUT2D eigenvalue weighted by Crippen LogP contribution is -2.50. The number of carbonyl (C=O) groups is 1. The topological polar surface area (TPSA) is 73.8 Å². The van der Waals surface area contributed by atoms with E-state index in [4.69, 9.17) is 4.74 Å². The summed E-state index contributed by atoms with van der Waals surface area (Å²) in [6, 6.07) is 11.6. The molecule has 0 bridgehead atoms. The highest BCUT2D eigenvalue weighted by Gasteiger charge is 2.23. The van der Waals surface area contributed by atoms with Gasteiger partial charge in [0.2, 0.25) is 0 Å². The molecule has 0 atom stereocenters. The average Bonchev–Trinajstić information content (AvgIpc) is 2.75. The predicted molar refractivity (Wildman–Crippen MR) is 104 cm³/mol. The van der Waals surface area contributed by atoms with E-state index < -0.39 is 0 Å². The number of hydrogen-bond donors (Lipinski definition) is 1. The number of morpholine rings is 1. The number of benzene rings is 1. The highest BCUT2D eigenvalue weighted by molar-refractivity contribution is 5.89. The molecule has 1 aromatic heterocycles. The minimum atomic E-state index is -0.0611. The van der Waals surface area contributed by atoms with Crippen molar-refractivity contribution in [2.75, 3.05) is 67.6 Å². The Morgan fingerprint density at radius 2 is 1.70 bits per heavy atom. The molecule has 2 amide bonds. The van der Waals surface area contributed by atoms with Crippen LogP contribution >= 0.6 is 0 Å². The Morgan fingerprint density at radius 3 is 2.44 bits per heavy atom. The van der Waals surface area contributed by atoms with Gasteiger partial charge in [0.1, 0.15) is 0 Å². The highest BCUT2D eigenvalue weighted by atomic mass is 16.5. The summed E-state index contributed by atoms with van der Waals surface area (Å²) >= 11 is 0. The van der Waals surface area contributed by atoms with Crippen LogP contribution in [0.25, 0.3) is 0 Å². The number of anilines is 3. The molecule has 1 N–H and O–H groups in total. The van der Waals surface area contributed by atoms with Crippen molar-refractivity contribution < 1.29 is 9.53 Å². The van der Waals surface area contributed by atoms with Gasteiger partial charge in [-0.1, -0.05) is 18.2 Å². The van der Waals surface area contributed by atoms with Gasteiger partial charge in [0.05, 0.1) is 25.1 Å². The molecule has 0 spiro atoms. The van der Waals surface area contributed by atoms with Gasteiger partial charge in [-0.15, -0.1) is 5.10 Å². The van der Waals surface area contributed by atoms with Crippen LogP contribution in [-0.2, 0) is 4.74 Å². The quantitative estimate of drug-likeness (QED) is 0.888. The molecule has 4 rings (SSSR count). The van der Waals surface area contributed by atoms with Crippen LogP contribution < -0.4 is 15.1 Å². The SMILES string of the molecule is O=C(Nc1ccccc1)N1CCN(c2cc(N3CCOCC3)cnn2)CC1. The molecule has 1 aromatic carbocycles. The Balaban J connectivity index is 1.34. The lowest BCUT2D eigenvalue weighted by Gasteiger charge is -2.35. The smallest absolute Gasteiger partial charge is 0.321 e. The molecule has 2 saturated heterocycles. The summed E-state index contributed by atoms with van der Waals surface area (Å²) in [6.07, 6.45) is 1.80. The van der Waals surface area contributed by atoms with Gasteiger partial charge in [0.15, 0.2) is 5.82 Å². The van der Waals surface area contributed by atoms with Gasteiger partial charge in [0, 0.05) is 51.0 Å². The van der Waals surface area contributed by atoms with E-state index >= 15 is 0 Å². The molecule has 2 fully saturated rings. The first-order valence-electron chi connectivity index (χ1n) is 9.31. The van der Waals surface area contributed by atoms with Gasteiger partial charge in [-0.05, 0) is 12.1 Å². The molecule has 8 heteroatoms. The molecule has 2 aliphatic heterocycles. The average molecular weight is 368 g/mol. The number of urea groups is 1. The van der Waals surface area contributed by atoms with E-state index in [1.54, 1.807) is 6.20 Å². The number of nitrogens with zero attached hydrogens (tertiary/aromatic N) is 5. The third-order valence-electron chi connectivity index (χ3n) is 4.92. The molecule has 0 aliphatic carbocycles. The van der Waals surface area contributed by atoms with Crippen LogP contribution in [0, 0.1) is 0 Å². The molecule has 0 unspecified atom stereocenters. The molecule has 27 heavy (non-hydrogen) atoms. The second kappa shape index (κ2) is 8.22. The minimum Gasteiger partial charge on any atom is -0.378 e. The van der Waals surface area contributed by atoms with Crippen LogP contribution in [0.15, 0.2) is 42.6 Å². The van der Waals surface area contributed by atoms with Crippen molar-refractivity contribution in [3.63, 3.8) is 0 Å². The Bertz CT molecular complexity index is 758. The fraction of sp³-hybridized carbons (Fsp3) is 0.421. The maximum Gasteiger partial charge on any atom is 0.321 e. The lowest BCUT2D eigenvalue weighted by atomic mass is 10.3. The number of aromatic nitrogens is 2. The fourth-order valence-electron chi connectivity index (χ4n) is 3.36. The Kier molecular flexibility index (Phi) is 5.34. The van der Waals surface area contributed by atoms with Crippen molar-refractivity contribution in [1.82, 2.24) is 15.1 Å². The van der Waals surface area contributed by atoms with Crippen LogP contribution in [0.1, 0.15) is 0 Å². The molecule has 0 saturated carbocycles. The van der Waals surface area contributed by atoms with E-state index in [9.17, 15) is 4.79 Å². The number of carbonyl (C=O) groups excluding carboxylic acids is 1. The summed E-state index contributed by atoms with van der Waals surface area (Å²) in [5, 5.41) is 11.4. The third-order valence-corrected chi connectivity index (χ3v) is 4.92. The first-order valence-corrected chi connectivity index (χ1v) is 9.31. The molecule has 8 nitrogen and oxygen atoms in total. The Hall–Kier alpha value is -2.87. The molecule has 2 aliphatic rings. The first-order chi connectivity index (χ1) is 13.3. The van der Waals surface area contributed by atoms with Crippen molar-refractivity contribution in [2.24, 2.45) is 0 Å². The maximum atomic E-state index is 12.4. The van der Waals surface area contributed by atoms with E-state index in [1.165, 1.54) is 0 Å². The summed E-state index contributed by atoms with van der Waals surface area (Å²) < 4.78 is 5.41. The molecular formula is C19H24N6O2. The zero-order valence-electron chi connectivity index (χ0n) is 15.3. The molecular weight excluding hydrogens is 344 g/mol. The van der Waals surface area contributed by atoms with Crippen LogP contribution in [0.3, 0.4) is 0 Å². The van der Waals surface area contributed by atoms with Gasteiger partial charge in [-0.25, -0.2) is 4.79 Å². The molecule has 3 heterocycles. The van der Waals surface area contributed by atoms with Crippen LogP contribution in [0.2, 0.25) is 0 Å². The number of amides is 2. The van der Waals surface area contributed by atoms with Crippen LogP contribution in [-0.4, -0.2) is 73.6 Å². The normalized spacial score (nSPS) is 17.7. The van der Waals surface area contributed by atoms with Gasteiger partial charge < -0.3 is 24.8 Å². The van der Waals surface area contributed by atoms with Crippen molar-refractivity contribution in [3.8, 4) is 0 Å². The number of para-hydroxylation sites is 1. The van der Waals surface area contributed by atoms with Crippen molar-refractivity contribution >= 4 is 23.2 Å². The van der Waals surface area contributed by atoms with E-state index in [0.717, 1.165) is 56.6 Å². The maximum absolute atomic E-state index is 12.4. The van der Waals surface area contributed by atoms with Crippen molar-refractivity contribution in [3.05, 3.63) is 42.6 Å². The standard InChI is InChI=1S/C19H24N6O2/c26-19(21-16-4-2-1-3-5-16)25-8-6-24(7-9-25)18-14-17(15-20-22-18)23-10-12-27-13-11-23/h1-5,14-15H,6-13H2,(H,21,26). The summed E-state index contributed by atoms with van der Waals surface area (Å²) in [5.74, 6) is 0.863. The lowest BCUT2D eigenvalue weighted by molar-refractivity contribution is 0.122. The van der Waals surface area contributed by atoms with Crippen molar-refractivity contribution in [1.29, 1.82) is 0 Å². The zero-order chi connectivity index (χ0) is 18.5. The molecule has 142 valence electrons.